The summed E-state index contributed by atoms with van der Waals surface area (Å²) >= 11 is 3.42. The van der Waals surface area contributed by atoms with E-state index in [1.807, 2.05) is 55.5 Å². The van der Waals surface area contributed by atoms with Gasteiger partial charge in [-0.1, -0.05) is 51.8 Å². The molecule has 0 aliphatic rings. The monoisotopic (exact) mass is 397 g/mol. The second kappa shape index (κ2) is 7.85. The summed E-state index contributed by atoms with van der Waals surface area (Å²) in [5.74, 6) is 0.347. The molecule has 1 N–H and O–H groups in total. The van der Waals surface area contributed by atoms with Crippen molar-refractivity contribution in [2.75, 3.05) is 0 Å². The fourth-order valence-electron chi connectivity index (χ4n) is 2.20. The van der Waals surface area contributed by atoms with E-state index in [0.717, 1.165) is 15.7 Å². The molecule has 2 aromatic carbocycles. The minimum atomic E-state index is -0.204. The van der Waals surface area contributed by atoms with Crippen LogP contribution in [-0.4, -0.2) is 26.1 Å². The predicted molar refractivity (Wildman–Crippen MR) is 98.9 cm³/mol. The lowest BCUT2D eigenvalue weighted by molar-refractivity contribution is -0.116. The lowest BCUT2D eigenvalue weighted by Crippen LogP contribution is -2.22. The third-order valence-electron chi connectivity index (χ3n) is 3.51. The fourth-order valence-corrected chi connectivity index (χ4v) is 2.59. The average molecular weight is 398 g/mol. The van der Waals surface area contributed by atoms with Crippen molar-refractivity contribution in [1.29, 1.82) is 0 Å². The summed E-state index contributed by atoms with van der Waals surface area (Å²) < 4.78 is 2.52. The van der Waals surface area contributed by atoms with Gasteiger partial charge in [-0.25, -0.2) is 0 Å². The molecule has 0 aliphatic heterocycles. The van der Waals surface area contributed by atoms with Gasteiger partial charge in [-0.05, 0) is 47.2 Å². The van der Waals surface area contributed by atoms with E-state index < -0.39 is 0 Å². The Kier molecular flexibility index (Phi) is 5.35. The van der Waals surface area contributed by atoms with Crippen molar-refractivity contribution < 1.29 is 4.79 Å². The second-order valence-corrected chi connectivity index (χ2v) is 6.36. The van der Waals surface area contributed by atoms with Crippen LogP contribution >= 0.6 is 15.9 Å². The molecule has 0 saturated carbocycles. The standard InChI is InChI=1S/C18H16BrN5O/c1-13-5-7-14(8-6-13)9-10-18(25)20-12-17-21-22-23-24(17)16-4-2-3-15(19)11-16/h2-11H,12H2,1H3,(H,20,25)/b10-9+. The molecule has 3 aromatic rings. The lowest BCUT2D eigenvalue weighted by Gasteiger charge is -2.05. The van der Waals surface area contributed by atoms with Gasteiger partial charge in [0, 0.05) is 10.5 Å². The number of nitrogens with one attached hydrogen (secondary N) is 1. The van der Waals surface area contributed by atoms with Crippen LogP contribution in [-0.2, 0) is 11.3 Å². The van der Waals surface area contributed by atoms with E-state index in [1.54, 1.807) is 10.8 Å². The van der Waals surface area contributed by atoms with Crippen LogP contribution < -0.4 is 5.32 Å². The first kappa shape index (κ1) is 17.0. The van der Waals surface area contributed by atoms with Crippen LogP contribution in [0.1, 0.15) is 17.0 Å². The minimum Gasteiger partial charge on any atom is -0.345 e. The maximum atomic E-state index is 12.0. The van der Waals surface area contributed by atoms with Crippen molar-refractivity contribution in [3.05, 3.63) is 76.0 Å². The van der Waals surface area contributed by atoms with Gasteiger partial charge in [-0.15, -0.1) is 5.10 Å². The zero-order chi connectivity index (χ0) is 17.6. The topological polar surface area (TPSA) is 72.7 Å². The summed E-state index contributed by atoms with van der Waals surface area (Å²) in [6.45, 7) is 2.26. The molecule has 1 aromatic heterocycles. The molecule has 3 rings (SSSR count). The largest absolute Gasteiger partial charge is 0.345 e. The lowest BCUT2D eigenvalue weighted by atomic mass is 10.1. The molecule has 0 aliphatic carbocycles. The number of carbonyl (C=O) groups excluding carboxylic acids is 1. The van der Waals surface area contributed by atoms with Gasteiger partial charge in [0.2, 0.25) is 5.91 Å². The van der Waals surface area contributed by atoms with Crippen LogP contribution in [0, 0.1) is 6.92 Å². The van der Waals surface area contributed by atoms with Gasteiger partial charge < -0.3 is 5.32 Å². The molecule has 0 unspecified atom stereocenters. The number of hydrogen-bond donors (Lipinski definition) is 1. The van der Waals surface area contributed by atoms with Crippen molar-refractivity contribution in [3.8, 4) is 5.69 Å². The van der Waals surface area contributed by atoms with Crippen LogP contribution in [0.25, 0.3) is 11.8 Å². The van der Waals surface area contributed by atoms with Crippen molar-refractivity contribution in [2.45, 2.75) is 13.5 Å². The fraction of sp³-hybridized carbons (Fsp3) is 0.111. The van der Waals surface area contributed by atoms with E-state index in [4.69, 9.17) is 0 Å². The molecular weight excluding hydrogens is 382 g/mol. The SMILES string of the molecule is Cc1ccc(/C=C/C(=O)NCc2nnnn2-c2cccc(Br)c2)cc1. The summed E-state index contributed by atoms with van der Waals surface area (Å²) in [6, 6.07) is 15.6. The number of aryl methyl sites for hydroxylation is 1. The van der Waals surface area contributed by atoms with E-state index in [1.165, 1.54) is 11.6 Å². The number of amides is 1. The molecule has 1 amide bonds. The molecule has 6 nitrogen and oxygen atoms in total. The summed E-state index contributed by atoms with van der Waals surface area (Å²) in [6.07, 6.45) is 3.27. The number of aromatic nitrogens is 4. The number of tetrazole rings is 1. The van der Waals surface area contributed by atoms with Crippen LogP contribution in [0.5, 0.6) is 0 Å². The number of rotatable bonds is 5. The first-order chi connectivity index (χ1) is 12.1. The van der Waals surface area contributed by atoms with Gasteiger partial charge in [-0.2, -0.15) is 4.68 Å². The summed E-state index contributed by atoms with van der Waals surface area (Å²) in [4.78, 5) is 12.0. The quantitative estimate of drug-likeness (QED) is 0.671. The summed E-state index contributed by atoms with van der Waals surface area (Å²) in [7, 11) is 0. The number of carbonyl (C=O) groups is 1. The molecule has 0 saturated heterocycles. The molecule has 0 bridgehead atoms. The van der Waals surface area contributed by atoms with E-state index in [9.17, 15) is 4.79 Å². The molecular formula is C18H16BrN5O. The van der Waals surface area contributed by atoms with Crippen molar-refractivity contribution in [3.63, 3.8) is 0 Å². The van der Waals surface area contributed by atoms with Crippen molar-refractivity contribution in [2.24, 2.45) is 0 Å². The van der Waals surface area contributed by atoms with E-state index in [2.05, 4.69) is 36.8 Å². The molecule has 25 heavy (non-hydrogen) atoms. The first-order valence-corrected chi connectivity index (χ1v) is 8.47. The van der Waals surface area contributed by atoms with Gasteiger partial charge in [0.05, 0.1) is 12.2 Å². The highest BCUT2D eigenvalue weighted by Crippen LogP contribution is 2.15. The maximum absolute atomic E-state index is 12.0. The van der Waals surface area contributed by atoms with Crippen LogP contribution in [0.15, 0.2) is 59.1 Å². The Hall–Kier alpha value is -2.80. The Morgan fingerprint density at radius 3 is 2.80 bits per heavy atom. The first-order valence-electron chi connectivity index (χ1n) is 7.67. The minimum absolute atomic E-state index is 0.204. The Bertz CT molecular complexity index is 902. The normalized spacial score (nSPS) is 11.0. The summed E-state index contributed by atoms with van der Waals surface area (Å²) in [5.41, 5.74) is 2.97. The third kappa shape index (κ3) is 4.60. The zero-order valence-corrected chi connectivity index (χ0v) is 15.1. The van der Waals surface area contributed by atoms with Gasteiger partial charge in [0.25, 0.3) is 0 Å². The number of benzene rings is 2. The summed E-state index contributed by atoms with van der Waals surface area (Å²) in [5, 5.41) is 14.4. The Morgan fingerprint density at radius 2 is 2.04 bits per heavy atom. The Balaban J connectivity index is 1.63. The molecule has 0 radical (unpaired) electrons. The van der Waals surface area contributed by atoms with E-state index in [-0.39, 0.29) is 12.5 Å². The number of nitrogens with zero attached hydrogens (tertiary/aromatic N) is 4. The number of halogens is 1. The highest BCUT2D eigenvalue weighted by Gasteiger charge is 2.09. The van der Waals surface area contributed by atoms with Gasteiger partial charge in [0.1, 0.15) is 0 Å². The number of hydrogen-bond acceptors (Lipinski definition) is 4. The molecule has 0 atom stereocenters. The second-order valence-electron chi connectivity index (χ2n) is 5.45. The highest BCUT2D eigenvalue weighted by molar-refractivity contribution is 9.10. The van der Waals surface area contributed by atoms with Crippen LogP contribution in [0.2, 0.25) is 0 Å². The average Bonchev–Trinajstić information content (AvgIpc) is 3.08. The van der Waals surface area contributed by atoms with Crippen LogP contribution in [0.3, 0.4) is 0 Å². The zero-order valence-electron chi connectivity index (χ0n) is 13.6. The van der Waals surface area contributed by atoms with E-state index in [0.29, 0.717) is 5.82 Å². The van der Waals surface area contributed by atoms with Gasteiger partial charge in [-0.3, -0.25) is 4.79 Å². The van der Waals surface area contributed by atoms with Crippen molar-refractivity contribution in [1.82, 2.24) is 25.5 Å². The van der Waals surface area contributed by atoms with Crippen molar-refractivity contribution >= 4 is 27.9 Å². The highest BCUT2D eigenvalue weighted by atomic mass is 79.9. The molecule has 126 valence electrons. The third-order valence-corrected chi connectivity index (χ3v) is 4.01. The molecule has 1 heterocycles. The van der Waals surface area contributed by atoms with E-state index >= 15 is 0 Å². The van der Waals surface area contributed by atoms with Gasteiger partial charge >= 0.3 is 0 Å². The molecule has 0 fully saturated rings. The maximum Gasteiger partial charge on any atom is 0.244 e. The predicted octanol–water partition coefficient (Wildman–Crippen LogP) is 3.06. The Labute approximate surface area is 153 Å². The smallest absolute Gasteiger partial charge is 0.244 e. The molecule has 0 spiro atoms. The Morgan fingerprint density at radius 1 is 1.24 bits per heavy atom. The van der Waals surface area contributed by atoms with Gasteiger partial charge in [0.15, 0.2) is 5.82 Å². The molecule has 7 heteroatoms. The van der Waals surface area contributed by atoms with Crippen LogP contribution in [0.4, 0.5) is 0 Å².